The minimum Gasteiger partial charge on any atom is -0.432 e. The summed E-state index contributed by atoms with van der Waals surface area (Å²) in [5, 5.41) is 3.05. The van der Waals surface area contributed by atoms with Crippen molar-refractivity contribution < 1.29 is 37.0 Å². The topological polar surface area (TPSA) is 86.6 Å². The first-order chi connectivity index (χ1) is 18.8. The van der Waals surface area contributed by atoms with Crippen molar-refractivity contribution in [3.05, 3.63) is 99.7 Å². The summed E-state index contributed by atoms with van der Waals surface area (Å²) in [6.45, 7) is 3.43. The zero-order chi connectivity index (χ0) is 28.8. The zero-order valence-corrected chi connectivity index (χ0v) is 22.0. The first-order valence-corrected chi connectivity index (χ1v) is 12.5. The molecule has 5 rings (SSSR count). The van der Waals surface area contributed by atoms with Crippen LogP contribution in [0.15, 0.2) is 66.7 Å². The van der Waals surface area contributed by atoms with Crippen molar-refractivity contribution in [2.24, 2.45) is 0 Å². The molecule has 1 saturated heterocycles. The normalized spacial score (nSPS) is 17.1. The van der Waals surface area contributed by atoms with Crippen LogP contribution in [0.1, 0.15) is 39.7 Å². The van der Waals surface area contributed by atoms with E-state index in [9.17, 15) is 27.6 Å². The number of benzene rings is 3. The number of cyclic esters (lactones) is 1. The van der Waals surface area contributed by atoms with E-state index in [2.05, 4.69) is 10.1 Å². The summed E-state index contributed by atoms with van der Waals surface area (Å²) in [6.07, 6.45) is -5.58. The Kier molecular flexibility index (Phi) is 6.83. The molecule has 1 aromatic heterocycles. The maximum Gasteiger partial charge on any atom is 0.573 e. The lowest BCUT2D eigenvalue weighted by Crippen LogP contribution is -2.38. The number of ether oxygens (including phenoxy) is 2. The maximum atomic E-state index is 13.6. The average molecular weight is 571 g/mol. The first kappa shape index (κ1) is 27.3. The summed E-state index contributed by atoms with van der Waals surface area (Å²) in [5.74, 6) is -1.27. The van der Waals surface area contributed by atoms with Crippen LogP contribution in [0.2, 0.25) is 5.02 Å². The van der Waals surface area contributed by atoms with Crippen LogP contribution >= 0.6 is 11.6 Å². The summed E-state index contributed by atoms with van der Waals surface area (Å²) in [5.41, 5.74) is 1.72. The number of nitrogens with one attached hydrogen (secondary N) is 1. The number of aromatic nitrogens is 1. The van der Waals surface area contributed by atoms with Gasteiger partial charge in [-0.05, 0) is 61.4 Å². The summed E-state index contributed by atoms with van der Waals surface area (Å²) >= 11 is 5.98. The van der Waals surface area contributed by atoms with Gasteiger partial charge in [-0.1, -0.05) is 35.9 Å². The Morgan fingerprint density at radius 1 is 1.05 bits per heavy atom. The molecule has 0 saturated carbocycles. The monoisotopic (exact) mass is 570 g/mol. The summed E-state index contributed by atoms with van der Waals surface area (Å²) in [7, 11) is 0. The van der Waals surface area contributed by atoms with Gasteiger partial charge in [0.1, 0.15) is 5.75 Å². The van der Waals surface area contributed by atoms with Gasteiger partial charge in [0.05, 0.1) is 11.1 Å². The van der Waals surface area contributed by atoms with Crippen molar-refractivity contribution in [3.8, 4) is 5.75 Å². The molecule has 1 fully saturated rings. The Morgan fingerprint density at radius 2 is 1.75 bits per heavy atom. The molecule has 11 heteroatoms. The minimum absolute atomic E-state index is 0.119. The number of nitrogens with zero attached hydrogens (tertiary/aromatic N) is 1. The molecule has 0 spiro atoms. The number of carbonyl (C=O) groups excluding carboxylic acids is 3. The molecule has 206 valence electrons. The van der Waals surface area contributed by atoms with Gasteiger partial charge >= 0.3 is 12.5 Å². The second-order valence-corrected chi connectivity index (χ2v) is 10.1. The fraction of sp³-hybridized carbons (Fsp3) is 0.207. The second kappa shape index (κ2) is 10.0. The van der Waals surface area contributed by atoms with Gasteiger partial charge in [0.25, 0.3) is 5.91 Å². The van der Waals surface area contributed by atoms with E-state index in [0.29, 0.717) is 38.3 Å². The van der Waals surface area contributed by atoms with Gasteiger partial charge in [0.2, 0.25) is 0 Å². The third-order valence-corrected chi connectivity index (χ3v) is 7.00. The highest BCUT2D eigenvalue weighted by atomic mass is 35.5. The fourth-order valence-electron chi connectivity index (χ4n) is 4.92. The van der Waals surface area contributed by atoms with E-state index in [1.54, 1.807) is 47.9 Å². The van der Waals surface area contributed by atoms with E-state index < -0.39 is 29.7 Å². The molecule has 40 heavy (non-hydrogen) atoms. The van der Waals surface area contributed by atoms with Crippen molar-refractivity contribution in [2.75, 3.05) is 0 Å². The number of ketones is 1. The maximum absolute atomic E-state index is 13.6. The molecule has 0 bridgehead atoms. The number of halogens is 4. The van der Waals surface area contributed by atoms with E-state index in [4.69, 9.17) is 16.3 Å². The number of fused-ring (bicyclic) bond motifs is 1. The number of amides is 2. The van der Waals surface area contributed by atoms with E-state index in [-0.39, 0.29) is 18.7 Å². The first-order valence-electron chi connectivity index (χ1n) is 12.1. The van der Waals surface area contributed by atoms with E-state index in [1.165, 1.54) is 25.1 Å². The standard InChI is InChI=1S/C29H22ClF3N2O5/c1-16-24(25(36)19-6-8-20(30)9-7-19)22-11-10-21(39-29(31,32)33)13-23(22)35(16)15-18-5-3-4-17(12-18)14-28(2)26(37)34-27(38)40-28/h3-13H,14-15H2,1-2H3,(H,34,37,38)/t28-/m0/s1. The molecular weight excluding hydrogens is 549 g/mol. The van der Waals surface area contributed by atoms with Crippen LogP contribution < -0.4 is 10.1 Å². The predicted octanol–water partition coefficient (Wildman–Crippen LogP) is 6.35. The average Bonchev–Trinajstić information content (AvgIpc) is 3.28. The van der Waals surface area contributed by atoms with Crippen LogP contribution in [-0.4, -0.2) is 34.3 Å². The Hall–Kier alpha value is -4.31. The lowest BCUT2D eigenvalue weighted by molar-refractivity contribution is -0.274. The van der Waals surface area contributed by atoms with Crippen molar-refractivity contribution in [2.45, 2.75) is 38.8 Å². The van der Waals surface area contributed by atoms with Crippen LogP contribution in [0.5, 0.6) is 5.75 Å². The van der Waals surface area contributed by atoms with Crippen molar-refractivity contribution >= 4 is 40.3 Å². The molecule has 0 radical (unpaired) electrons. The Balaban J connectivity index is 1.56. The van der Waals surface area contributed by atoms with Gasteiger partial charge in [0.15, 0.2) is 11.4 Å². The van der Waals surface area contributed by atoms with E-state index >= 15 is 0 Å². The highest BCUT2D eigenvalue weighted by Crippen LogP contribution is 2.34. The lowest BCUT2D eigenvalue weighted by Gasteiger charge is -2.19. The Labute approximate surface area is 231 Å². The number of rotatable bonds is 7. The largest absolute Gasteiger partial charge is 0.573 e. The van der Waals surface area contributed by atoms with Crippen LogP contribution in [0, 0.1) is 6.92 Å². The predicted molar refractivity (Wildman–Crippen MR) is 141 cm³/mol. The number of alkyl carbamates (subject to hydrolysis) is 1. The second-order valence-electron chi connectivity index (χ2n) is 9.68. The third-order valence-electron chi connectivity index (χ3n) is 6.75. The molecule has 1 atom stereocenters. The smallest absolute Gasteiger partial charge is 0.432 e. The lowest BCUT2D eigenvalue weighted by atomic mass is 9.95. The quantitative estimate of drug-likeness (QED) is 0.262. The molecule has 2 amide bonds. The zero-order valence-electron chi connectivity index (χ0n) is 21.3. The molecule has 1 aliphatic rings. The van der Waals surface area contributed by atoms with Gasteiger partial charge in [-0.25, -0.2) is 4.79 Å². The van der Waals surface area contributed by atoms with Crippen molar-refractivity contribution in [1.82, 2.24) is 9.88 Å². The van der Waals surface area contributed by atoms with E-state index in [0.717, 1.165) is 5.56 Å². The molecule has 7 nitrogen and oxygen atoms in total. The van der Waals surface area contributed by atoms with Gasteiger partial charge in [-0.2, -0.15) is 0 Å². The number of hydrogen-bond donors (Lipinski definition) is 1. The molecule has 2 heterocycles. The Morgan fingerprint density at radius 3 is 2.40 bits per heavy atom. The van der Waals surface area contributed by atoms with Crippen molar-refractivity contribution in [3.63, 3.8) is 0 Å². The number of hydrogen-bond acceptors (Lipinski definition) is 5. The summed E-state index contributed by atoms with van der Waals surface area (Å²) in [4.78, 5) is 37.3. The third kappa shape index (κ3) is 5.40. The number of carbonyl (C=O) groups is 3. The van der Waals surface area contributed by atoms with Gasteiger partial charge in [-0.3, -0.25) is 14.9 Å². The number of imide groups is 1. The molecular formula is C29H22ClF3N2O5. The van der Waals surface area contributed by atoms with Crippen LogP contribution in [0.3, 0.4) is 0 Å². The molecule has 0 aliphatic carbocycles. The highest BCUT2D eigenvalue weighted by Gasteiger charge is 2.44. The molecule has 1 N–H and O–H groups in total. The van der Waals surface area contributed by atoms with Gasteiger partial charge in [-0.15, -0.1) is 13.2 Å². The van der Waals surface area contributed by atoms with Gasteiger partial charge in [0, 0.05) is 40.7 Å². The number of alkyl halides is 3. The molecule has 0 unspecified atom stereocenters. The molecule has 3 aromatic carbocycles. The van der Waals surface area contributed by atoms with Crippen LogP contribution in [0.25, 0.3) is 10.9 Å². The van der Waals surface area contributed by atoms with Crippen molar-refractivity contribution in [1.29, 1.82) is 0 Å². The van der Waals surface area contributed by atoms with Crippen LogP contribution in [0.4, 0.5) is 18.0 Å². The molecule has 1 aliphatic heterocycles. The minimum atomic E-state index is -4.89. The highest BCUT2D eigenvalue weighted by molar-refractivity contribution is 6.30. The fourth-order valence-corrected chi connectivity index (χ4v) is 5.04. The van der Waals surface area contributed by atoms with Gasteiger partial charge < -0.3 is 14.0 Å². The Bertz CT molecular complexity index is 1660. The van der Waals surface area contributed by atoms with Crippen LogP contribution in [-0.2, 0) is 22.5 Å². The summed E-state index contributed by atoms with van der Waals surface area (Å²) < 4.78 is 50.1. The summed E-state index contributed by atoms with van der Waals surface area (Å²) in [6, 6.07) is 17.4. The van der Waals surface area contributed by atoms with E-state index in [1.807, 2.05) is 12.1 Å². The SMILES string of the molecule is Cc1c(C(=O)c2ccc(Cl)cc2)c2ccc(OC(F)(F)F)cc2n1Cc1cccc(C[C@]2(C)OC(=O)NC2=O)c1. The molecule has 4 aromatic rings.